The van der Waals surface area contributed by atoms with Crippen LogP contribution in [0.5, 0.6) is 0 Å². The monoisotopic (exact) mass is 387 g/mol. The van der Waals surface area contributed by atoms with Gasteiger partial charge in [-0.15, -0.1) is 0 Å². The molecule has 3 heterocycles. The third kappa shape index (κ3) is 4.11. The SMILES string of the molecule is O=C(O)CC[C@H]1CC[C@H](N2CCN(c3cnc4c(n3)CCNCC4)C2=O)CC1. The Morgan fingerprint density at radius 3 is 2.64 bits per heavy atom. The molecule has 3 aliphatic rings. The minimum atomic E-state index is -0.717. The van der Waals surface area contributed by atoms with E-state index >= 15 is 0 Å². The van der Waals surface area contributed by atoms with Crippen LogP contribution in [0.2, 0.25) is 0 Å². The second-order valence-electron chi connectivity index (χ2n) is 8.11. The molecule has 1 aromatic rings. The van der Waals surface area contributed by atoms with Crippen molar-refractivity contribution in [3.63, 3.8) is 0 Å². The zero-order valence-corrected chi connectivity index (χ0v) is 16.3. The predicted octanol–water partition coefficient (Wildman–Crippen LogP) is 1.83. The van der Waals surface area contributed by atoms with Crippen LogP contribution in [0.15, 0.2) is 6.20 Å². The molecule has 0 radical (unpaired) electrons. The number of carboxylic acids is 1. The number of carbonyl (C=O) groups excluding carboxylic acids is 1. The Morgan fingerprint density at radius 1 is 1.14 bits per heavy atom. The molecule has 2 fully saturated rings. The smallest absolute Gasteiger partial charge is 0.326 e. The van der Waals surface area contributed by atoms with Gasteiger partial charge >= 0.3 is 12.0 Å². The van der Waals surface area contributed by atoms with E-state index in [0.717, 1.165) is 76.0 Å². The number of hydrogen-bond donors (Lipinski definition) is 2. The van der Waals surface area contributed by atoms with Crippen LogP contribution in [0, 0.1) is 5.92 Å². The summed E-state index contributed by atoms with van der Waals surface area (Å²) in [4.78, 5) is 36.9. The molecule has 0 atom stereocenters. The number of nitrogens with zero attached hydrogens (tertiary/aromatic N) is 4. The number of amides is 2. The number of carboxylic acid groups (broad SMARTS) is 1. The number of aliphatic carboxylic acids is 1. The highest BCUT2D eigenvalue weighted by Crippen LogP contribution is 2.32. The Morgan fingerprint density at radius 2 is 1.89 bits per heavy atom. The lowest BCUT2D eigenvalue weighted by Crippen LogP contribution is -2.41. The first-order valence-electron chi connectivity index (χ1n) is 10.5. The molecule has 0 bridgehead atoms. The maximum Gasteiger partial charge on any atom is 0.326 e. The van der Waals surface area contributed by atoms with E-state index in [0.29, 0.717) is 18.3 Å². The van der Waals surface area contributed by atoms with Gasteiger partial charge in [0.1, 0.15) is 0 Å². The summed E-state index contributed by atoms with van der Waals surface area (Å²) in [5, 5.41) is 12.2. The van der Waals surface area contributed by atoms with Gasteiger partial charge < -0.3 is 15.3 Å². The second kappa shape index (κ2) is 8.43. The first kappa shape index (κ1) is 19.1. The second-order valence-corrected chi connectivity index (χ2v) is 8.11. The fourth-order valence-electron chi connectivity index (χ4n) is 4.70. The van der Waals surface area contributed by atoms with Crippen LogP contribution >= 0.6 is 0 Å². The molecule has 2 N–H and O–H groups in total. The van der Waals surface area contributed by atoms with Gasteiger partial charge in [-0.25, -0.2) is 9.78 Å². The molecule has 0 aromatic carbocycles. The maximum absolute atomic E-state index is 13.0. The standard InChI is InChI=1S/C20H29N5O3/c26-19(27)6-3-14-1-4-15(5-2-14)24-11-12-25(20(24)28)18-13-22-16-7-9-21-10-8-17(16)23-18/h13-15,21H,1-12H2,(H,26,27)/t14-,15-. The van der Waals surface area contributed by atoms with Gasteiger partial charge in [0.2, 0.25) is 0 Å². The molecule has 1 saturated heterocycles. The summed E-state index contributed by atoms with van der Waals surface area (Å²) >= 11 is 0. The summed E-state index contributed by atoms with van der Waals surface area (Å²) in [6.45, 7) is 3.20. The lowest BCUT2D eigenvalue weighted by Gasteiger charge is -2.34. The van der Waals surface area contributed by atoms with Gasteiger partial charge in [0.05, 0.1) is 17.6 Å². The van der Waals surface area contributed by atoms with Crippen LogP contribution in [-0.4, -0.2) is 64.2 Å². The summed E-state index contributed by atoms with van der Waals surface area (Å²) in [5.74, 6) is 0.429. The first-order valence-corrected chi connectivity index (χ1v) is 10.5. The van der Waals surface area contributed by atoms with Crippen molar-refractivity contribution in [2.45, 2.75) is 57.4 Å². The molecule has 0 spiro atoms. The number of rotatable bonds is 5. The number of urea groups is 1. The number of nitrogens with one attached hydrogen (secondary N) is 1. The van der Waals surface area contributed by atoms with Gasteiger partial charge in [-0.05, 0) is 38.0 Å². The molecule has 152 valence electrons. The number of anilines is 1. The minimum Gasteiger partial charge on any atom is -0.481 e. The molecule has 8 nitrogen and oxygen atoms in total. The van der Waals surface area contributed by atoms with Crippen molar-refractivity contribution in [3.8, 4) is 0 Å². The Balaban J connectivity index is 1.37. The molecule has 0 unspecified atom stereocenters. The molecule has 4 rings (SSSR count). The third-order valence-corrected chi connectivity index (χ3v) is 6.34. The number of carbonyl (C=O) groups is 2. The highest BCUT2D eigenvalue weighted by molar-refractivity contribution is 5.93. The minimum absolute atomic E-state index is 0.0370. The number of fused-ring (bicyclic) bond motifs is 1. The van der Waals surface area contributed by atoms with E-state index in [2.05, 4.69) is 10.3 Å². The number of aromatic nitrogens is 2. The molecule has 28 heavy (non-hydrogen) atoms. The maximum atomic E-state index is 13.0. The molecule has 1 aromatic heterocycles. The van der Waals surface area contributed by atoms with Gasteiger partial charge in [0, 0.05) is 51.5 Å². The summed E-state index contributed by atoms with van der Waals surface area (Å²) < 4.78 is 0. The lowest BCUT2D eigenvalue weighted by molar-refractivity contribution is -0.137. The Labute approximate surface area is 165 Å². The van der Waals surface area contributed by atoms with E-state index in [9.17, 15) is 9.59 Å². The quantitative estimate of drug-likeness (QED) is 0.800. The molecule has 1 saturated carbocycles. The molecule has 8 heteroatoms. The summed E-state index contributed by atoms with van der Waals surface area (Å²) in [6, 6.07) is 0.298. The average Bonchev–Trinajstić information content (AvgIpc) is 2.93. The summed E-state index contributed by atoms with van der Waals surface area (Å²) in [7, 11) is 0. The zero-order chi connectivity index (χ0) is 19.5. The van der Waals surface area contributed by atoms with Crippen LogP contribution < -0.4 is 10.2 Å². The summed E-state index contributed by atoms with van der Waals surface area (Å²) in [5.41, 5.74) is 2.05. The van der Waals surface area contributed by atoms with Crippen LogP contribution in [0.25, 0.3) is 0 Å². The largest absolute Gasteiger partial charge is 0.481 e. The summed E-state index contributed by atoms with van der Waals surface area (Å²) in [6.07, 6.45) is 8.42. The van der Waals surface area contributed by atoms with Crippen molar-refractivity contribution in [1.82, 2.24) is 20.2 Å². The highest BCUT2D eigenvalue weighted by atomic mass is 16.4. The van der Waals surface area contributed by atoms with E-state index in [1.54, 1.807) is 11.1 Å². The first-order chi connectivity index (χ1) is 13.6. The Hall–Kier alpha value is -2.22. The van der Waals surface area contributed by atoms with E-state index in [-0.39, 0.29) is 18.5 Å². The zero-order valence-electron chi connectivity index (χ0n) is 16.3. The van der Waals surface area contributed by atoms with Gasteiger partial charge in [-0.1, -0.05) is 0 Å². The van der Waals surface area contributed by atoms with Crippen molar-refractivity contribution in [3.05, 3.63) is 17.6 Å². The number of hydrogen-bond acceptors (Lipinski definition) is 5. The normalized spacial score (nSPS) is 25.5. The van der Waals surface area contributed by atoms with E-state index in [1.165, 1.54) is 0 Å². The van der Waals surface area contributed by atoms with Crippen LogP contribution in [0.3, 0.4) is 0 Å². The van der Waals surface area contributed by atoms with Crippen LogP contribution in [-0.2, 0) is 17.6 Å². The fraction of sp³-hybridized carbons (Fsp3) is 0.700. The van der Waals surface area contributed by atoms with Crippen molar-refractivity contribution < 1.29 is 14.7 Å². The van der Waals surface area contributed by atoms with Gasteiger partial charge in [0.15, 0.2) is 5.82 Å². The van der Waals surface area contributed by atoms with Gasteiger partial charge in [-0.3, -0.25) is 14.7 Å². The van der Waals surface area contributed by atoms with E-state index < -0.39 is 5.97 Å². The average molecular weight is 387 g/mol. The topological polar surface area (TPSA) is 98.7 Å². The van der Waals surface area contributed by atoms with Crippen molar-refractivity contribution >= 4 is 17.8 Å². The molecular formula is C20H29N5O3. The lowest BCUT2D eigenvalue weighted by atomic mass is 9.83. The van der Waals surface area contributed by atoms with E-state index in [4.69, 9.17) is 10.1 Å². The van der Waals surface area contributed by atoms with Crippen molar-refractivity contribution in [2.75, 3.05) is 31.1 Å². The van der Waals surface area contributed by atoms with Gasteiger partial charge in [0.25, 0.3) is 0 Å². The van der Waals surface area contributed by atoms with Gasteiger partial charge in [-0.2, -0.15) is 0 Å². The third-order valence-electron chi connectivity index (χ3n) is 6.34. The molecule has 2 amide bonds. The van der Waals surface area contributed by atoms with E-state index in [1.807, 2.05) is 4.90 Å². The highest BCUT2D eigenvalue weighted by Gasteiger charge is 2.37. The Kier molecular flexibility index (Phi) is 5.75. The fourth-order valence-corrected chi connectivity index (χ4v) is 4.70. The van der Waals surface area contributed by atoms with Crippen LogP contribution in [0.4, 0.5) is 10.6 Å². The predicted molar refractivity (Wildman–Crippen MR) is 104 cm³/mol. The molecule has 2 aliphatic heterocycles. The molecular weight excluding hydrogens is 358 g/mol. The van der Waals surface area contributed by atoms with Crippen molar-refractivity contribution in [2.24, 2.45) is 5.92 Å². The van der Waals surface area contributed by atoms with Crippen molar-refractivity contribution in [1.29, 1.82) is 0 Å². The van der Waals surface area contributed by atoms with Crippen LogP contribution in [0.1, 0.15) is 49.9 Å². The molecule has 1 aliphatic carbocycles. The Bertz CT molecular complexity index is 733.